The van der Waals surface area contributed by atoms with E-state index in [1.807, 2.05) is 12.1 Å². The van der Waals surface area contributed by atoms with Crippen molar-refractivity contribution in [3.05, 3.63) is 30.1 Å². The number of aromatic nitrogens is 1. The molecular formula is C10H15N3. The molecule has 1 aromatic rings. The number of rotatable bonds is 2. The molecule has 0 radical (unpaired) electrons. The van der Waals surface area contributed by atoms with E-state index >= 15 is 0 Å². The summed E-state index contributed by atoms with van der Waals surface area (Å²) in [5.41, 5.74) is 13.0. The monoisotopic (exact) mass is 177 g/mol. The average molecular weight is 177 g/mol. The minimum Gasteiger partial charge on any atom is -0.328 e. The molecule has 3 heteroatoms. The maximum absolute atomic E-state index is 6.08. The van der Waals surface area contributed by atoms with Crippen molar-refractivity contribution in [3.8, 4) is 0 Å². The van der Waals surface area contributed by atoms with Gasteiger partial charge in [-0.05, 0) is 36.5 Å². The van der Waals surface area contributed by atoms with Crippen LogP contribution in [0.5, 0.6) is 0 Å². The first-order valence-electron chi connectivity index (χ1n) is 4.68. The Hall–Kier alpha value is -0.930. The molecule has 1 fully saturated rings. The van der Waals surface area contributed by atoms with Crippen LogP contribution < -0.4 is 11.5 Å². The lowest BCUT2D eigenvalue weighted by Gasteiger charge is -2.36. The van der Waals surface area contributed by atoms with Gasteiger partial charge in [-0.3, -0.25) is 4.98 Å². The standard InChI is InChI=1S/C10H15N3/c11-9-5-8(6-9)10(12)7-1-3-13-4-2-7/h1-4,8-10H,5-6,11-12H2. The highest BCUT2D eigenvalue weighted by Gasteiger charge is 2.31. The molecule has 13 heavy (non-hydrogen) atoms. The van der Waals surface area contributed by atoms with Gasteiger partial charge in [0.1, 0.15) is 0 Å². The van der Waals surface area contributed by atoms with Gasteiger partial charge in [-0.25, -0.2) is 0 Å². The molecule has 1 aliphatic carbocycles. The van der Waals surface area contributed by atoms with Gasteiger partial charge in [0, 0.05) is 24.5 Å². The van der Waals surface area contributed by atoms with Crippen LogP contribution in [0.25, 0.3) is 0 Å². The summed E-state index contributed by atoms with van der Waals surface area (Å²) in [5, 5.41) is 0. The van der Waals surface area contributed by atoms with E-state index in [1.165, 1.54) is 5.56 Å². The SMILES string of the molecule is NC1CC(C(N)c2ccncc2)C1. The smallest absolute Gasteiger partial charge is 0.0325 e. The lowest BCUT2D eigenvalue weighted by molar-refractivity contribution is 0.224. The van der Waals surface area contributed by atoms with Crippen molar-refractivity contribution in [1.29, 1.82) is 0 Å². The zero-order chi connectivity index (χ0) is 9.26. The molecule has 4 N–H and O–H groups in total. The highest BCUT2D eigenvalue weighted by atomic mass is 14.7. The molecule has 2 rings (SSSR count). The van der Waals surface area contributed by atoms with E-state index in [0.29, 0.717) is 12.0 Å². The van der Waals surface area contributed by atoms with Gasteiger partial charge in [-0.15, -0.1) is 0 Å². The van der Waals surface area contributed by atoms with Gasteiger partial charge in [-0.1, -0.05) is 0 Å². The van der Waals surface area contributed by atoms with Crippen LogP contribution in [0.1, 0.15) is 24.4 Å². The summed E-state index contributed by atoms with van der Waals surface area (Å²) in [6, 6.07) is 4.48. The topological polar surface area (TPSA) is 64.9 Å². The van der Waals surface area contributed by atoms with Gasteiger partial charge in [0.05, 0.1) is 0 Å². The zero-order valence-corrected chi connectivity index (χ0v) is 7.56. The molecule has 0 saturated heterocycles. The summed E-state index contributed by atoms with van der Waals surface area (Å²) in [6.07, 6.45) is 5.69. The fourth-order valence-electron chi connectivity index (χ4n) is 1.86. The maximum Gasteiger partial charge on any atom is 0.0325 e. The van der Waals surface area contributed by atoms with E-state index in [1.54, 1.807) is 12.4 Å². The van der Waals surface area contributed by atoms with E-state index in [-0.39, 0.29) is 6.04 Å². The summed E-state index contributed by atoms with van der Waals surface area (Å²) in [4.78, 5) is 3.97. The molecule has 1 atom stereocenters. The maximum atomic E-state index is 6.08. The third kappa shape index (κ3) is 1.71. The number of hydrogen-bond acceptors (Lipinski definition) is 3. The van der Waals surface area contributed by atoms with E-state index in [9.17, 15) is 0 Å². The normalized spacial score (nSPS) is 29.4. The summed E-state index contributed by atoms with van der Waals surface area (Å²) >= 11 is 0. The highest BCUT2D eigenvalue weighted by molar-refractivity contribution is 5.16. The molecule has 0 spiro atoms. The summed E-state index contributed by atoms with van der Waals surface area (Å²) < 4.78 is 0. The largest absolute Gasteiger partial charge is 0.328 e. The van der Waals surface area contributed by atoms with Crippen LogP contribution in [0.4, 0.5) is 0 Å². The molecule has 0 aliphatic heterocycles. The first-order chi connectivity index (χ1) is 6.27. The quantitative estimate of drug-likeness (QED) is 0.703. The Labute approximate surface area is 78.1 Å². The Balaban J connectivity index is 2.02. The average Bonchev–Trinajstić information content (AvgIpc) is 2.13. The Bertz CT molecular complexity index is 267. The molecule has 0 bridgehead atoms. The molecule has 0 aromatic carbocycles. The van der Waals surface area contributed by atoms with Gasteiger partial charge < -0.3 is 11.5 Å². The van der Waals surface area contributed by atoms with Gasteiger partial charge >= 0.3 is 0 Å². The zero-order valence-electron chi connectivity index (χ0n) is 7.56. The first-order valence-corrected chi connectivity index (χ1v) is 4.68. The van der Waals surface area contributed by atoms with E-state index in [4.69, 9.17) is 11.5 Å². The fourth-order valence-corrected chi connectivity index (χ4v) is 1.86. The second-order valence-corrected chi connectivity index (χ2v) is 3.80. The number of nitrogens with two attached hydrogens (primary N) is 2. The predicted molar refractivity (Wildman–Crippen MR) is 51.9 cm³/mol. The van der Waals surface area contributed by atoms with E-state index in [0.717, 1.165) is 12.8 Å². The number of hydrogen-bond donors (Lipinski definition) is 2. The Morgan fingerprint density at radius 3 is 2.46 bits per heavy atom. The van der Waals surface area contributed by atoms with Crippen molar-refractivity contribution in [2.24, 2.45) is 17.4 Å². The van der Waals surface area contributed by atoms with Crippen molar-refractivity contribution in [2.45, 2.75) is 24.9 Å². The number of nitrogens with zero attached hydrogens (tertiary/aromatic N) is 1. The van der Waals surface area contributed by atoms with Crippen LogP contribution >= 0.6 is 0 Å². The molecule has 70 valence electrons. The van der Waals surface area contributed by atoms with Crippen molar-refractivity contribution in [1.82, 2.24) is 4.98 Å². The summed E-state index contributed by atoms with van der Waals surface area (Å²) in [5.74, 6) is 0.567. The minimum absolute atomic E-state index is 0.141. The third-order valence-electron chi connectivity index (χ3n) is 2.81. The van der Waals surface area contributed by atoms with E-state index < -0.39 is 0 Å². The van der Waals surface area contributed by atoms with Gasteiger partial charge in [0.15, 0.2) is 0 Å². The lowest BCUT2D eigenvalue weighted by atomic mass is 9.74. The Kier molecular flexibility index (Phi) is 2.29. The molecular weight excluding hydrogens is 162 g/mol. The van der Waals surface area contributed by atoms with Crippen LogP contribution in [-0.4, -0.2) is 11.0 Å². The molecule has 1 saturated carbocycles. The van der Waals surface area contributed by atoms with Crippen LogP contribution in [0.2, 0.25) is 0 Å². The minimum atomic E-state index is 0.141. The molecule has 1 heterocycles. The highest BCUT2D eigenvalue weighted by Crippen LogP contribution is 2.35. The van der Waals surface area contributed by atoms with Crippen LogP contribution in [0, 0.1) is 5.92 Å². The third-order valence-corrected chi connectivity index (χ3v) is 2.81. The number of pyridine rings is 1. The molecule has 3 nitrogen and oxygen atoms in total. The Morgan fingerprint density at radius 2 is 1.92 bits per heavy atom. The first kappa shape index (κ1) is 8.66. The van der Waals surface area contributed by atoms with Gasteiger partial charge in [0.2, 0.25) is 0 Å². The van der Waals surface area contributed by atoms with Crippen molar-refractivity contribution < 1.29 is 0 Å². The van der Waals surface area contributed by atoms with Crippen molar-refractivity contribution in [3.63, 3.8) is 0 Å². The van der Waals surface area contributed by atoms with Gasteiger partial charge in [0.25, 0.3) is 0 Å². The second kappa shape index (κ2) is 3.44. The molecule has 1 aromatic heterocycles. The van der Waals surface area contributed by atoms with Crippen LogP contribution in [0.3, 0.4) is 0 Å². The summed E-state index contributed by atoms with van der Waals surface area (Å²) in [7, 11) is 0. The van der Waals surface area contributed by atoms with Crippen molar-refractivity contribution in [2.75, 3.05) is 0 Å². The molecule has 1 unspecified atom stereocenters. The van der Waals surface area contributed by atoms with E-state index in [2.05, 4.69) is 4.98 Å². The predicted octanol–water partition coefficient (Wildman–Crippen LogP) is 0.819. The second-order valence-electron chi connectivity index (χ2n) is 3.80. The van der Waals surface area contributed by atoms with Crippen LogP contribution in [0.15, 0.2) is 24.5 Å². The molecule has 1 aliphatic rings. The van der Waals surface area contributed by atoms with Gasteiger partial charge in [-0.2, -0.15) is 0 Å². The lowest BCUT2D eigenvalue weighted by Crippen LogP contribution is -2.41. The Morgan fingerprint density at radius 1 is 1.31 bits per heavy atom. The fraction of sp³-hybridized carbons (Fsp3) is 0.500. The summed E-state index contributed by atoms with van der Waals surface area (Å²) in [6.45, 7) is 0. The molecule has 0 amide bonds. The van der Waals surface area contributed by atoms with Crippen molar-refractivity contribution >= 4 is 0 Å². The van der Waals surface area contributed by atoms with Crippen LogP contribution in [-0.2, 0) is 0 Å².